The average Bonchev–Trinajstić information content (AvgIpc) is 2.58. The van der Waals surface area contributed by atoms with E-state index in [0.29, 0.717) is 5.92 Å². The largest absolute Gasteiger partial charge is 0.481 e. The maximum atomic E-state index is 11.0. The maximum Gasteiger partial charge on any atom is 0.303 e. The summed E-state index contributed by atoms with van der Waals surface area (Å²) in [6, 6.07) is 6.46. The Kier molecular flexibility index (Phi) is 10.5. The normalized spacial score (nSPS) is 12.8. The van der Waals surface area contributed by atoms with Crippen LogP contribution in [-0.4, -0.2) is 24.0 Å². The van der Waals surface area contributed by atoms with Gasteiger partial charge in [0.25, 0.3) is 10.1 Å². The van der Waals surface area contributed by atoms with Gasteiger partial charge in [0.15, 0.2) is 0 Å². The topological polar surface area (TPSA) is 91.7 Å². The van der Waals surface area contributed by atoms with Crippen LogP contribution in [0.3, 0.4) is 0 Å². The number of carboxylic acids is 1. The molecule has 148 valence electrons. The molecule has 0 spiro atoms. The first-order chi connectivity index (χ1) is 12.3. The predicted molar refractivity (Wildman–Crippen MR) is 103 cm³/mol. The predicted octanol–water partition coefficient (Wildman–Crippen LogP) is 5.41. The smallest absolute Gasteiger partial charge is 0.303 e. The quantitative estimate of drug-likeness (QED) is 0.330. The van der Waals surface area contributed by atoms with Crippen molar-refractivity contribution in [3.05, 3.63) is 29.8 Å². The van der Waals surface area contributed by atoms with Crippen molar-refractivity contribution in [1.82, 2.24) is 0 Å². The molecule has 1 atom stereocenters. The van der Waals surface area contributed by atoms with Crippen molar-refractivity contribution < 1.29 is 22.9 Å². The van der Waals surface area contributed by atoms with Gasteiger partial charge in [-0.25, -0.2) is 0 Å². The SMILES string of the molecule is CC(CCCCCCCCCCCC(=O)O)c1ccc(S(=O)(=O)O)cc1. The Morgan fingerprint density at radius 1 is 0.885 bits per heavy atom. The van der Waals surface area contributed by atoms with Crippen LogP contribution in [-0.2, 0) is 14.9 Å². The molecule has 0 radical (unpaired) electrons. The summed E-state index contributed by atoms with van der Waals surface area (Å²) in [4.78, 5) is 10.3. The fourth-order valence-electron chi connectivity index (χ4n) is 3.10. The molecule has 6 heteroatoms. The second-order valence-electron chi connectivity index (χ2n) is 7.06. The Bertz CT molecular complexity index is 622. The summed E-state index contributed by atoms with van der Waals surface area (Å²) in [5.74, 6) is -0.326. The number of rotatable bonds is 14. The van der Waals surface area contributed by atoms with Crippen molar-refractivity contribution in [2.45, 2.75) is 88.4 Å². The molecule has 0 saturated carbocycles. The molecule has 1 unspecified atom stereocenters. The van der Waals surface area contributed by atoms with Gasteiger partial charge in [0, 0.05) is 6.42 Å². The molecule has 0 aliphatic rings. The molecule has 26 heavy (non-hydrogen) atoms. The monoisotopic (exact) mass is 384 g/mol. The van der Waals surface area contributed by atoms with Crippen LogP contribution in [0.5, 0.6) is 0 Å². The van der Waals surface area contributed by atoms with E-state index >= 15 is 0 Å². The van der Waals surface area contributed by atoms with Gasteiger partial charge < -0.3 is 5.11 Å². The minimum atomic E-state index is -4.11. The summed E-state index contributed by atoms with van der Waals surface area (Å²) in [6.07, 6.45) is 11.5. The van der Waals surface area contributed by atoms with E-state index in [0.717, 1.165) is 37.7 Å². The number of carboxylic acid groups (broad SMARTS) is 1. The third-order valence-corrected chi connectivity index (χ3v) is 5.64. The molecule has 0 bridgehead atoms. The summed E-state index contributed by atoms with van der Waals surface area (Å²) in [5, 5.41) is 8.56. The Morgan fingerprint density at radius 2 is 1.35 bits per heavy atom. The number of unbranched alkanes of at least 4 members (excludes halogenated alkanes) is 8. The first kappa shape index (κ1) is 22.6. The standard InChI is InChI=1S/C20H32O5S/c1-17(18-13-15-19(16-14-18)26(23,24)25)11-9-7-5-3-2-4-6-8-10-12-20(21)22/h13-17H,2-12H2,1H3,(H,21,22)(H,23,24,25). The third-order valence-electron chi connectivity index (χ3n) is 4.77. The summed E-state index contributed by atoms with van der Waals surface area (Å²) < 4.78 is 31.1. The zero-order valence-electron chi connectivity index (χ0n) is 15.7. The molecule has 1 aromatic rings. The van der Waals surface area contributed by atoms with Crippen molar-refractivity contribution in [1.29, 1.82) is 0 Å². The lowest BCUT2D eigenvalue weighted by Crippen LogP contribution is -1.99. The Morgan fingerprint density at radius 3 is 1.81 bits per heavy atom. The van der Waals surface area contributed by atoms with E-state index in [9.17, 15) is 13.2 Å². The van der Waals surface area contributed by atoms with Crippen molar-refractivity contribution in [3.63, 3.8) is 0 Å². The van der Waals surface area contributed by atoms with Gasteiger partial charge in [-0.05, 0) is 36.5 Å². The summed E-state index contributed by atoms with van der Waals surface area (Å²) in [5.41, 5.74) is 1.10. The summed E-state index contributed by atoms with van der Waals surface area (Å²) in [7, 11) is -4.11. The minimum Gasteiger partial charge on any atom is -0.481 e. The third kappa shape index (κ3) is 9.92. The van der Waals surface area contributed by atoms with Crippen LogP contribution < -0.4 is 0 Å². The van der Waals surface area contributed by atoms with Gasteiger partial charge in [0.2, 0.25) is 0 Å². The van der Waals surface area contributed by atoms with Gasteiger partial charge in [0.1, 0.15) is 0 Å². The zero-order valence-corrected chi connectivity index (χ0v) is 16.5. The van der Waals surface area contributed by atoms with E-state index in [1.165, 1.54) is 44.2 Å². The van der Waals surface area contributed by atoms with Gasteiger partial charge >= 0.3 is 5.97 Å². The lowest BCUT2D eigenvalue weighted by atomic mass is 9.94. The molecular formula is C20H32O5S. The minimum absolute atomic E-state index is 0.0589. The fourth-order valence-corrected chi connectivity index (χ4v) is 3.58. The molecule has 0 saturated heterocycles. The highest BCUT2D eigenvalue weighted by molar-refractivity contribution is 7.85. The van der Waals surface area contributed by atoms with Crippen molar-refractivity contribution in [2.75, 3.05) is 0 Å². The van der Waals surface area contributed by atoms with E-state index < -0.39 is 16.1 Å². The van der Waals surface area contributed by atoms with Crippen molar-refractivity contribution in [3.8, 4) is 0 Å². The second-order valence-corrected chi connectivity index (χ2v) is 8.48. The molecule has 5 nitrogen and oxygen atoms in total. The number of carbonyl (C=O) groups is 1. The van der Waals surface area contributed by atoms with Crippen LogP contribution in [0.15, 0.2) is 29.2 Å². The van der Waals surface area contributed by atoms with E-state index in [2.05, 4.69) is 6.92 Å². The van der Waals surface area contributed by atoms with E-state index in [1.807, 2.05) is 0 Å². The van der Waals surface area contributed by atoms with Crippen LogP contribution >= 0.6 is 0 Å². The molecule has 0 fully saturated rings. The van der Waals surface area contributed by atoms with Gasteiger partial charge in [-0.3, -0.25) is 9.35 Å². The molecule has 1 aromatic carbocycles. The molecule has 0 aromatic heterocycles. The molecule has 0 aliphatic heterocycles. The van der Waals surface area contributed by atoms with Crippen LogP contribution in [0.4, 0.5) is 0 Å². The second kappa shape index (κ2) is 12.1. The maximum absolute atomic E-state index is 11.0. The van der Waals surface area contributed by atoms with Crippen LogP contribution in [0, 0.1) is 0 Å². The molecular weight excluding hydrogens is 352 g/mol. The van der Waals surface area contributed by atoms with Gasteiger partial charge in [-0.15, -0.1) is 0 Å². The molecule has 0 aliphatic carbocycles. The summed E-state index contributed by atoms with van der Waals surface area (Å²) >= 11 is 0. The van der Waals surface area contributed by atoms with Crippen LogP contribution in [0.1, 0.15) is 89.0 Å². The van der Waals surface area contributed by atoms with E-state index in [1.54, 1.807) is 12.1 Å². The number of benzene rings is 1. The van der Waals surface area contributed by atoms with Gasteiger partial charge in [0.05, 0.1) is 4.90 Å². The molecule has 0 amide bonds. The summed E-state index contributed by atoms with van der Waals surface area (Å²) in [6.45, 7) is 2.14. The molecule has 0 heterocycles. The highest BCUT2D eigenvalue weighted by Crippen LogP contribution is 2.23. The Labute approximate surface area is 157 Å². The number of aliphatic carboxylic acids is 1. The van der Waals surface area contributed by atoms with Crippen LogP contribution in [0.2, 0.25) is 0 Å². The zero-order chi connectivity index (χ0) is 19.4. The lowest BCUT2D eigenvalue weighted by Gasteiger charge is -2.12. The molecule has 1 rings (SSSR count). The fraction of sp³-hybridized carbons (Fsp3) is 0.650. The van der Waals surface area contributed by atoms with E-state index in [4.69, 9.17) is 9.66 Å². The molecule has 2 N–H and O–H groups in total. The first-order valence-electron chi connectivity index (χ1n) is 9.60. The Hall–Kier alpha value is -1.40. The van der Waals surface area contributed by atoms with Crippen molar-refractivity contribution in [2.24, 2.45) is 0 Å². The number of hydrogen-bond acceptors (Lipinski definition) is 3. The lowest BCUT2D eigenvalue weighted by molar-refractivity contribution is -0.137. The first-order valence-corrected chi connectivity index (χ1v) is 11.0. The van der Waals surface area contributed by atoms with E-state index in [-0.39, 0.29) is 11.3 Å². The Balaban J connectivity index is 2.06. The van der Waals surface area contributed by atoms with Crippen LogP contribution in [0.25, 0.3) is 0 Å². The van der Waals surface area contributed by atoms with Gasteiger partial charge in [-0.2, -0.15) is 8.42 Å². The average molecular weight is 385 g/mol. The van der Waals surface area contributed by atoms with Crippen molar-refractivity contribution >= 4 is 16.1 Å². The highest BCUT2D eigenvalue weighted by Gasteiger charge is 2.11. The highest BCUT2D eigenvalue weighted by atomic mass is 32.2. The number of hydrogen-bond donors (Lipinski definition) is 2. The van der Waals surface area contributed by atoms with Gasteiger partial charge in [-0.1, -0.05) is 70.4 Å².